The SMILES string of the molecule is CC(C)[CH2][Zr]([CH2]C(C)C)[CH2]C(C)C. The molecule has 0 atom stereocenters. The van der Waals surface area contributed by atoms with Crippen molar-refractivity contribution in [3.63, 3.8) is 0 Å². The summed E-state index contributed by atoms with van der Waals surface area (Å²) in [4.78, 5) is 0. The maximum atomic E-state index is 2.39. The van der Waals surface area contributed by atoms with E-state index in [-0.39, 0.29) is 0 Å². The van der Waals surface area contributed by atoms with Crippen LogP contribution in [0.25, 0.3) is 0 Å². The average Bonchev–Trinajstić information content (AvgIpc) is 1.80. The Labute approximate surface area is 93.2 Å². The van der Waals surface area contributed by atoms with E-state index in [2.05, 4.69) is 41.5 Å². The summed E-state index contributed by atoms with van der Waals surface area (Å²) >= 11 is -0.976. The molecule has 0 unspecified atom stereocenters. The summed E-state index contributed by atoms with van der Waals surface area (Å²) in [6.45, 7) is 14.3. The van der Waals surface area contributed by atoms with Crippen molar-refractivity contribution < 1.29 is 21.8 Å². The van der Waals surface area contributed by atoms with Gasteiger partial charge in [0.2, 0.25) is 0 Å². The molecule has 13 heavy (non-hydrogen) atoms. The predicted molar refractivity (Wildman–Crippen MR) is 58.9 cm³/mol. The van der Waals surface area contributed by atoms with Gasteiger partial charge in [-0.05, 0) is 0 Å². The first kappa shape index (κ1) is 13.9. The van der Waals surface area contributed by atoms with E-state index < -0.39 is 21.8 Å². The first-order valence-corrected chi connectivity index (χ1v) is 11.0. The Morgan fingerprint density at radius 1 is 0.615 bits per heavy atom. The van der Waals surface area contributed by atoms with Gasteiger partial charge in [-0.15, -0.1) is 0 Å². The standard InChI is InChI=1S/3C4H9.Zr/c3*1-4(2)3;/h3*4H,1H2,2-3H3;. The fourth-order valence-corrected chi connectivity index (χ4v) is 11.7. The summed E-state index contributed by atoms with van der Waals surface area (Å²) in [5, 5.41) is 0. The third-order valence-corrected chi connectivity index (χ3v) is 12.4. The van der Waals surface area contributed by atoms with Crippen molar-refractivity contribution in [1.29, 1.82) is 0 Å². The molecule has 0 spiro atoms. The molecule has 0 aliphatic rings. The van der Waals surface area contributed by atoms with E-state index in [0.29, 0.717) is 0 Å². The van der Waals surface area contributed by atoms with Crippen LogP contribution in [0.15, 0.2) is 0 Å². The molecule has 0 aromatic rings. The molecule has 0 N–H and O–H groups in total. The van der Waals surface area contributed by atoms with Crippen molar-refractivity contribution in [3.8, 4) is 0 Å². The minimum absolute atomic E-state index is 0.951. The predicted octanol–water partition coefficient (Wildman–Crippen LogP) is 4.83. The quantitative estimate of drug-likeness (QED) is 0.643. The van der Waals surface area contributed by atoms with Gasteiger partial charge in [0.25, 0.3) is 0 Å². The van der Waals surface area contributed by atoms with E-state index in [9.17, 15) is 0 Å². The Hall–Kier alpha value is 0.883. The van der Waals surface area contributed by atoms with Gasteiger partial charge in [-0.2, -0.15) is 0 Å². The first-order valence-electron chi connectivity index (χ1n) is 5.75. The summed E-state index contributed by atoms with van der Waals surface area (Å²) in [6, 6.07) is 0. The molecule has 0 saturated carbocycles. The fraction of sp³-hybridized carbons (Fsp3) is 1.00. The van der Waals surface area contributed by atoms with Crippen LogP contribution in [0.3, 0.4) is 0 Å². The van der Waals surface area contributed by atoms with Crippen molar-refractivity contribution in [2.24, 2.45) is 17.8 Å². The molecule has 0 radical (unpaired) electrons. The molecule has 79 valence electrons. The van der Waals surface area contributed by atoms with Crippen molar-refractivity contribution in [2.75, 3.05) is 0 Å². The summed E-state index contributed by atoms with van der Waals surface area (Å²) in [6.07, 6.45) is 0. The molecule has 0 aromatic carbocycles. The molecule has 0 aromatic heterocycles. The zero-order chi connectivity index (χ0) is 10.4. The van der Waals surface area contributed by atoms with Gasteiger partial charge in [0, 0.05) is 0 Å². The molecular weight excluding hydrogens is 235 g/mol. The average molecular weight is 263 g/mol. The number of rotatable bonds is 6. The second-order valence-corrected chi connectivity index (χ2v) is 12.2. The van der Waals surface area contributed by atoms with Crippen molar-refractivity contribution in [3.05, 3.63) is 0 Å². The summed E-state index contributed by atoms with van der Waals surface area (Å²) < 4.78 is 4.83. The van der Waals surface area contributed by atoms with Gasteiger partial charge < -0.3 is 0 Å². The molecule has 1 heteroatoms. The Balaban J connectivity index is 3.87. The van der Waals surface area contributed by atoms with Crippen LogP contribution in [0, 0.1) is 17.8 Å². The third-order valence-electron chi connectivity index (χ3n) is 2.09. The van der Waals surface area contributed by atoms with Gasteiger partial charge in [0.1, 0.15) is 0 Å². The molecule has 0 aliphatic carbocycles. The molecule has 0 aliphatic heterocycles. The Kier molecular flexibility index (Phi) is 7.70. The van der Waals surface area contributed by atoms with Crippen molar-refractivity contribution >= 4 is 0 Å². The zero-order valence-corrected chi connectivity index (χ0v) is 12.8. The molecule has 0 bridgehead atoms. The normalized spacial score (nSPS) is 11.8. The number of hydrogen-bond acceptors (Lipinski definition) is 0. The topological polar surface area (TPSA) is 0 Å². The Morgan fingerprint density at radius 3 is 1.00 bits per heavy atom. The fourth-order valence-electron chi connectivity index (χ4n) is 1.98. The molecule has 0 nitrogen and oxygen atoms in total. The first-order chi connectivity index (χ1) is 5.91. The van der Waals surface area contributed by atoms with Gasteiger partial charge in [-0.1, -0.05) is 0 Å². The molecule has 0 rings (SSSR count). The monoisotopic (exact) mass is 261 g/mol. The second-order valence-electron chi connectivity index (χ2n) is 5.54. The maximum absolute atomic E-state index is 2.39. The van der Waals surface area contributed by atoms with Crippen LogP contribution in [0.1, 0.15) is 41.5 Å². The number of hydrogen-bond donors (Lipinski definition) is 0. The zero-order valence-electron chi connectivity index (χ0n) is 10.4. The van der Waals surface area contributed by atoms with E-state index in [4.69, 9.17) is 0 Å². The van der Waals surface area contributed by atoms with Crippen LogP contribution in [0.2, 0.25) is 12.4 Å². The van der Waals surface area contributed by atoms with Gasteiger partial charge >= 0.3 is 93.4 Å². The van der Waals surface area contributed by atoms with E-state index in [1.54, 1.807) is 12.4 Å². The Bertz CT molecular complexity index is 92.5. The van der Waals surface area contributed by atoms with Crippen molar-refractivity contribution in [2.45, 2.75) is 53.9 Å². The molecule has 0 amide bonds. The van der Waals surface area contributed by atoms with E-state index in [1.165, 1.54) is 0 Å². The van der Waals surface area contributed by atoms with E-state index >= 15 is 0 Å². The van der Waals surface area contributed by atoms with Crippen LogP contribution in [-0.2, 0) is 21.8 Å². The Morgan fingerprint density at radius 2 is 0.846 bits per heavy atom. The van der Waals surface area contributed by atoms with Gasteiger partial charge in [0.05, 0.1) is 0 Å². The van der Waals surface area contributed by atoms with Crippen LogP contribution >= 0.6 is 0 Å². The molecule has 0 fully saturated rings. The van der Waals surface area contributed by atoms with Gasteiger partial charge in [0.15, 0.2) is 0 Å². The molecular formula is C12H27Zr. The van der Waals surface area contributed by atoms with Gasteiger partial charge in [-0.3, -0.25) is 0 Å². The van der Waals surface area contributed by atoms with E-state index in [0.717, 1.165) is 17.8 Å². The van der Waals surface area contributed by atoms with Crippen LogP contribution in [0.4, 0.5) is 0 Å². The van der Waals surface area contributed by atoms with Crippen molar-refractivity contribution in [1.82, 2.24) is 0 Å². The summed E-state index contributed by atoms with van der Waals surface area (Å²) in [7, 11) is 0. The van der Waals surface area contributed by atoms with Crippen LogP contribution in [0.5, 0.6) is 0 Å². The van der Waals surface area contributed by atoms with Gasteiger partial charge in [-0.25, -0.2) is 0 Å². The minimum atomic E-state index is -0.976. The molecule has 0 heterocycles. The second kappa shape index (κ2) is 7.21. The molecule has 0 saturated heterocycles. The summed E-state index contributed by atoms with van der Waals surface area (Å²) in [5.74, 6) is 2.85. The van der Waals surface area contributed by atoms with Crippen LogP contribution in [-0.4, -0.2) is 0 Å². The van der Waals surface area contributed by atoms with E-state index in [1.807, 2.05) is 0 Å². The van der Waals surface area contributed by atoms with Crippen LogP contribution < -0.4 is 0 Å². The third kappa shape index (κ3) is 9.19. The summed E-state index contributed by atoms with van der Waals surface area (Å²) in [5.41, 5.74) is 0.